The van der Waals surface area contributed by atoms with E-state index in [0.29, 0.717) is 6.54 Å². The molecule has 0 spiro atoms. The van der Waals surface area contributed by atoms with Crippen LogP contribution in [-0.4, -0.2) is 29.1 Å². The molecule has 1 N–H and O–H groups in total. The molecular formula is C15H19NO3. The Bertz CT molecular complexity index is 576. The van der Waals surface area contributed by atoms with E-state index in [9.17, 15) is 4.79 Å². The molecule has 1 heterocycles. The van der Waals surface area contributed by atoms with Gasteiger partial charge in [0.15, 0.2) is 0 Å². The Labute approximate surface area is 112 Å². The van der Waals surface area contributed by atoms with E-state index in [0.717, 1.165) is 16.7 Å². The molecule has 1 unspecified atom stereocenters. The normalized spacial score (nSPS) is 13.1. The SMILES string of the molecule is Cc1cc2cc(CN(C)C(C)C(=O)O)oc2cc1C. The van der Waals surface area contributed by atoms with Gasteiger partial charge in [-0.3, -0.25) is 9.69 Å². The number of nitrogens with zero attached hydrogens (tertiary/aromatic N) is 1. The van der Waals surface area contributed by atoms with E-state index in [2.05, 4.69) is 19.9 Å². The first-order valence-corrected chi connectivity index (χ1v) is 6.31. The lowest BCUT2D eigenvalue weighted by Gasteiger charge is -2.19. The van der Waals surface area contributed by atoms with Crippen molar-refractivity contribution >= 4 is 16.9 Å². The predicted molar refractivity (Wildman–Crippen MR) is 74.3 cm³/mol. The zero-order valence-corrected chi connectivity index (χ0v) is 11.7. The maximum Gasteiger partial charge on any atom is 0.320 e. The van der Waals surface area contributed by atoms with Crippen LogP contribution < -0.4 is 0 Å². The van der Waals surface area contributed by atoms with E-state index < -0.39 is 12.0 Å². The first kappa shape index (κ1) is 13.6. The van der Waals surface area contributed by atoms with Gasteiger partial charge in [-0.1, -0.05) is 0 Å². The van der Waals surface area contributed by atoms with Gasteiger partial charge >= 0.3 is 5.97 Å². The summed E-state index contributed by atoms with van der Waals surface area (Å²) in [5.41, 5.74) is 3.28. The number of aryl methyl sites for hydroxylation is 2. The summed E-state index contributed by atoms with van der Waals surface area (Å²) in [5.74, 6) is -0.0408. The Morgan fingerprint density at radius 1 is 1.32 bits per heavy atom. The second-order valence-electron chi connectivity index (χ2n) is 5.12. The van der Waals surface area contributed by atoms with Gasteiger partial charge in [-0.15, -0.1) is 0 Å². The molecule has 2 rings (SSSR count). The van der Waals surface area contributed by atoms with Crippen molar-refractivity contribution in [2.45, 2.75) is 33.4 Å². The third-order valence-electron chi connectivity index (χ3n) is 3.61. The van der Waals surface area contributed by atoms with Gasteiger partial charge in [-0.25, -0.2) is 0 Å². The minimum Gasteiger partial charge on any atom is -0.480 e. The second kappa shape index (κ2) is 5.05. The third-order valence-corrected chi connectivity index (χ3v) is 3.61. The number of carbonyl (C=O) groups is 1. The Hall–Kier alpha value is -1.81. The van der Waals surface area contributed by atoms with E-state index in [4.69, 9.17) is 9.52 Å². The number of hydrogen-bond acceptors (Lipinski definition) is 3. The minimum absolute atomic E-state index is 0.486. The van der Waals surface area contributed by atoms with Crippen LogP contribution in [0.25, 0.3) is 11.0 Å². The Balaban J connectivity index is 2.24. The first-order valence-electron chi connectivity index (χ1n) is 6.31. The van der Waals surface area contributed by atoms with Crippen LogP contribution in [0.3, 0.4) is 0 Å². The zero-order chi connectivity index (χ0) is 14.2. The van der Waals surface area contributed by atoms with Gasteiger partial charge in [0.05, 0.1) is 6.54 Å². The van der Waals surface area contributed by atoms with Crippen LogP contribution in [0.4, 0.5) is 0 Å². The van der Waals surface area contributed by atoms with Gasteiger partial charge in [0.25, 0.3) is 0 Å². The molecule has 4 heteroatoms. The summed E-state index contributed by atoms with van der Waals surface area (Å²) in [6, 6.07) is 5.57. The molecule has 0 saturated heterocycles. The van der Waals surface area contributed by atoms with Crippen molar-refractivity contribution in [1.29, 1.82) is 0 Å². The maximum absolute atomic E-state index is 10.9. The molecule has 19 heavy (non-hydrogen) atoms. The number of rotatable bonds is 4. The van der Waals surface area contributed by atoms with Crippen LogP contribution in [0.15, 0.2) is 22.6 Å². The summed E-state index contributed by atoms with van der Waals surface area (Å²) in [4.78, 5) is 12.7. The molecule has 1 atom stereocenters. The number of benzene rings is 1. The van der Waals surface area contributed by atoms with Gasteiger partial charge in [-0.05, 0) is 57.1 Å². The minimum atomic E-state index is -0.828. The quantitative estimate of drug-likeness (QED) is 0.919. The molecule has 0 aliphatic carbocycles. The Kier molecular flexibility index (Phi) is 3.62. The Morgan fingerprint density at radius 3 is 2.58 bits per heavy atom. The van der Waals surface area contributed by atoms with Gasteiger partial charge in [0, 0.05) is 5.39 Å². The van der Waals surface area contributed by atoms with E-state index in [-0.39, 0.29) is 0 Å². The van der Waals surface area contributed by atoms with Crippen LogP contribution in [-0.2, 0) is 11.3 Å². The average molecular weight is 261 g/mol. The highest BCUT2D eigenvalue weighted by molar-refractivity contribution is 5.79. The number of carboxylic acids is 1. The smallest absolute Gasteiger partial charge is 0.320 e. The topological polar surface area (TPSA) is 53.7 Å². The van der Waals surface area contributed by atoms with Crippen molar-refractivity contribution in [3.8, 4) is 0 Å². The second-order valence-corrected chi connectivity index (χ2v) is 5.12. The van der Waals surface area contributed by atoms with Gasteiger partial charge < -0.3 is 9.52 Å². The molecule has 4 nitrogen and oxygen atoms in total. The predicted octanol–water partition coefficient (Wildman–Crippen LogP) is 2.95. The molecule has 1 aromatic heterocycles. The summed E-state index contributed by atoms with van der Waals surface area (Å²) in [5, 5.41) is 10.0. The van der Waals surface area contributed by atoms with Gasteiger partial charge in [0.1, 0.15) is 17.4 Å². The molecule has 2 aromatic rings. The lowest BCUT2D eigenvalue weighted by molar-refractivity contribution is -0.142. The molecule has 0 aliphatic rings. The average Bonchev–Trinajstić information content (AvgIpc) is 2.69. The number of likely N-dealkylation sites (N-methyl/N-ethyl adjacent to an activating group) is 1. The molecule has 0 aliphatic heterocycles. The van der Waals surface area contributed by atoms with E-state index in [1.54, 1.807) is 18.9 Å². The fourth-order valence-corrected chi connectivity index (χ4v) is 2.01. The summed E-state index contributed by atoms with van der Waals surface area (Å²) < 4.78 is 5.77. The van der Waals surface area contributed by atoms with Gasteiger partial charge in [-0.2, -0.15) is 0 Å². The molecule has 1 aromatic carbocycles. The molecule has 0 amide bonds. The van der Waals surface area contributed by atoms with Crippen molar-refractivity contribution in [2.75, 3.05) is 7.05 Å². The van der Waals surface area contributed by atoms with Gasteiger partial charge in [0.2, 0.25) is 0 Å². The summed E-state index contributed by atoms with van der Waals surface area (Å²) >= 11 is 0. The lowest BCUT2D eigenvalue weighted by Crippen LogP contribution is -2.35. The van der Waals surface area contributed by atoms with E-state index in [1.165, 1.54) is 11.1 Å². The highest BCUT2D eigenvalue weighted by Gasteiger charge is 2.18. The number of aliphatic carboxylic acids is 1. The maximum atomic E-state index is 10.9. The number of fused-ring (bicyclic) bond motifs is 1. The molecular weight excluding hydrogens is 242 g/mol. The fourth-order valence-electron chi connectivity index (χ4n) is 2.01. The molecule has 102 valence electrons. The van der Waals surface area contributed by atoms with Crippen LogP contribution in [0.5, 0.6) is 0 Å². The Morgan fingerprint density at radius 2 is 1.95 bits per heavy atom. The number of furan rings is 1. The van der Waals surface area contributed by atoms with E-state index in [1.807, 2.05) is 12.1 Å². The van der Waals surface area contributed by atoms with Crippen molar-refractivity contribution in [2.24, 2.45) is 0 Å². The fraction of sp³-hybridized carbons (Fsp3) is 0.400. The zero-order valence-electron chi connectivity index (χ0n) is 11.7. The van der Waals surface area contributed by atoms with Crippen LogP contribution in [0.2, 0.25) is 0 Å². The van der Waals surface area contributed by atoms with Crippen molar-refractivity contribution < 1.29 is 14.3 Å². The number of carboxylic acid groups (broad SMARTS) is 1. The molecule has 0 bridgehead atoms. The summed E-state index contributed by atoms with van der Waals surface area (Å²) in [6.45, 7) is 6.27. The van der Waals surface area contributed by atoms with E-state index >= 15 is 0 Å². The van der Waals surface area contributed by atoms with Crippen LogP contribution in [0, 0.1) is 13.8 Å². The van der Waals surface area contributed by atoms with Crippen molar-refractivity contribution in [3.05, 3.63) is 35.1 Å². The van der Waals surface area contributed by atoms with Crippen LogP contribution in [0.1, 0.15) is 23.8 Å². The standard InChI is InChI=1S/C15H19NO3/c1-9-5-12-7-13(19-14(12)6-10(9)2)8-16(4)11(3)15(17)18/h5-7,11H,8H2,1-4H3,(H,17,18). The number of hydrogen-bond donors (Lipinski definition) is 1. The largest absolute Gasteiger partial charge is 0.480 e. The monoisotopic (exact) mass is 261 g/mol. The van der Waals surface area contributed by atoms with Crippen molar-refractivity contribution in [1.82, 2.24) is 4.90 Å². The molecule has 0 fully saturated rings. The van der Waals surface area contributed by atoms with Crippen LogP contribution >= 0.6 is 0 Å². The molecule has 0 saturated carbocycles. The first-order chi connectivity index (χ1) is 8.88. The summed E-state index contributed by atoms with van der Waals surface area (Å²) in [7, 11) is 1.78. The highest BCUT2D eigenvalue weighted by atomic mass is 16.4. The summed E-state index contributed by atoms with van der Waals surface area (Å²) in [6.07, 6.45) is 0. The van der Waals surface area contributed by atoms with Crippen molar-refractivity contribution in [3.63, 3.8) is 0 Å². The lowest BCUT2D eigenvalue weighted by atomic mass is 10.1. The highest BCUT2D eigenvalue weighted by Crippen LogP contribution is 2.24. The molecule has 0 radical (unpaired) electrons. The third kappa shape index (κ3) is 2.79.